The summed E-state index contributed by atoms with van der Waals surface area (Å²) >= 11 is 0. The van der Waals surface area contributed by atoms with E-state index in [0.717, 1.165) is 11.1 Å². The monoisotopic (exact) mass is 588 g/mol. The van der Waals surface area contributed by atoms with E-state index in [1.807, 2.05) is 39.8 Å². The summed E-state index contributed by atoms with van der Waals surface area (Å²) in [5, 5.41) is 12.3. The molecule has 2 heterocycles. The fourth-order valence-electron chi connectivity index (χ4n) is 10.5. The molecule has 7 aliphatic rings. The normalized spacial score (nSPS) is 47.9. The largest absolute Gasteiger partial charge is 0.460 e. The molecule has 0 aromatic carbocycles. The van der Waals surface area contributed by atoms with E-state index in [0.29, 0.717) is 29.6 Å². The van der Waals surface area contributed by atoms with E-state index in [1.54, 1.807) is 26.0 Å². The van der Waals surface area contributed by atoms with Crippen molar-refractivity contribution in [2.75, 3.05) is 0 Å². The van der Waals surface area contributed by atoms with Crippen LogP contribution in [0.4, 0.5) is 0 Å². The number of esters is 3. The highest BCUT2D eigenvalue weighted by Crippen LogP contribution is 2.80. The molecule has 0 aromatic rings. The number of carbonyl (C=O) groups excluding carboxylic acids is 4. The van der Waals surface area contributed by atoms with E-state index in [2.05, 4.69) is 6.58 Å². The third-order valence-electron chi connectivity index (χ3n) is 12.7. The molecule has 7 rings (SSSR count). The second kappa shape index (κ2) is 8.68. The third-order valence-corrected chi connectivity index (χ3v) is 12.7. The second-order valence-electron chi connectivity index (χ2n) is 14.5. The van der Waals surface area contributed by atoms with E-state index in [1.165, 1.54) is 0 Å². The van der Waals surface area contributed by atoms with Gasteiger partial charge in [-0.25, -0.2) is 9.59 Å². The number of ketones is 1. The molecule has 4 fully saturated rings. The molecule has 5 aliphatic carbocycles. The molecule has 0 aromatic heterocycles. The first-order valence-corrected chi connectivity index (χ1v) is 15.4. The van der Waals surface area contributed by atoms with Crippen LogP contribution in [0, 0.1) is 39.9 Å². The van der Waals surface area contributed by atoms with E-state index >= 15 is 0 Å². The Morgan fingerprint density at radius 3 is 2.56 bits per heavy atom. The molecule has 8 nitrogen and oxygen atoms in total. The first-order valence-electron chi connectivity index (χ1n) is 15.4. The summed E-state index contributed by atoms with van der Waals surface area (Å²) in [6.07, 6.45) is 6.82. The molecule has 2 saturated carbocycles. The summed E-state index contributed by atoms with van der Waals surface area (Å²) in [6, 6.07) is 0. The first kappa shape index (κ1) is 28.5. The topological polar surface area (TPSA) is 116 Å². The molecule has 8 heteroatoms. The van der Waals surface area contributed by atoms with Gasteiger partial charge >= 0.3 is 17.9 Å². The molecule has 0 radical (unpaired) electrons. The molecular weight excluding hydrogens is 548 g/mol. The summed E-state index contributed by atoms with van der Waals surface area (Å²) in [7, 11) is 0. The van der Waals surface area contributed by atoms with Crippen LogP contribution >= 0.6 is 0 Å². The zero-order valence-electron chi connectivity index (χ0n) is 25.7. The Morgan fingerprint density at radius 1 is 1.14 bits per heavy atom. The van der Waals surface area contributed by atoms with E-state index in [9.17, 15) is 24.3 Å². The predicted molar refractivity (Wildman–Crippen MR) is 155 cm³/mol. The zero-order chi connectivity index (χ0) is 31.0. The van der Waals surface area contributed by atoms with Gasteiger partial charge in [0.25, 0.3) is 0 Å². The number of aliphatic hydroxyl groups is 1. The Hall–Kier alpha value is -3.26. The van der Waals surface area contributed by atoms with Crippen LogP contribution in [0.25, 0.3) is 0 Å². The lowest BCUT2D eigenvalue weighted by molar-refractivity contribution is -0.159. The maximum atomic E-state index is 14.7. The van der Waals surface area contributed by atoms with Gasteiger partial charge in [0.05, 0.1) is 16.9 Å². The number of hydrogen-bond donors (Lipinski definition) is 1. The summed E-state index contributed by atoms with van der Waals surface area (Å²) in [4.78, 5) is 54.2. The maximum Gasteiger partial charge on any atom is 0.334 e. The predicted octanol–water partition coefficient (Wildman–Crippen LogP) is 4.48. The summed E-state index contributed by atoms with van der Waals surface area (Å²) < 4.78 is 18.8. The molecule has 2 aliphatic heterocycles. The Bertz CT molecular complexity index is 1540. The van der Waals surface area contributed by atoms with Crippen molar-refractivity contribution in [3.63, 3.8) is 0 Å². The Balaban J connectivity index is 1.44. The lowest BCUT2D eigenvalue weighted by Gasteiger charge is -2.46. The van der Waals surface area contributed by atoms with Crippen molar-refractivity contribution in [3.05, 3.63) is 58.7 Å². The van der Waals surface area contributed by atoms with Crippen molar-refractivity contribution in [2.24, 2.45) is 39.9 Å². The van der Waals surface area contributed by atoms with Crippen molar-refractivity contribution >= 4 is 23.7 Å². The SMILES string of the molecule is C=C1C(=O)O[C@H]2[C@H]1CC[C@@](C)(O)[C@@]13C=C[C@@](C)([C@H]21)C1(C3)C(=O)O[C@@H]2[C@H]3C(C)=CC(=O)C3=C(C)C[C@H](OC(=O)/C(C)=C\C)[C@H]21. The number of allylic oxidation sites excluding steroid dienone is 3. The van der Waals surface area contributed by atoms with Crippen LogP contribution in [0.2, 0.25) is 0 Å². The van der Waals surface area contributed by atoms with Gasteiger partial charge in [0.1, 0.15) is 18.3 Å². The number of hydrogen-bond acceptors (Lipinski definition) is 8. The molecule has 1 spiro atoms. The van der Waals surface area contributed by atoms with Crippen LogP contribution in [0.15, 0.2) is 58.7 Å². The van der Waals surface area contributed by atoms with Gasteiger partial charge in [-0.15, -0.1) is 0 Å². The minimum Gasteiger partial charge on any atom is -0.460 e. The van der Waals surface area contributed by atoms with Gasteiger partial charge in [-0.3, -0.25) is 9.59 Å². The minimum absolute atomic E-state index is 0.0997. The third kappa shape index (κ3) is 3.20. The van der Waals surface area contributed by atoms with Crippen LogP contribution in [0.3, 0.4) is 0 Å². The summed E-state index contributed by atoms with van der Waals surface area (Å²) in [5.74, 6) is -3.18. The summed E-state index contributed by atoms with van der Waals surface area (Å²) in [5.41, 5.74) is -1.13. The first-order chi connectivity index (χ1) is 20.1. The Kier molecular flexibility index (Phi) is 5.75. The quantitative estimate of drug-likeness (QED) is 0.217. The lowest BCUT2D eigenvalue weighted by atomic mass is 9.54. The van der Waals surface area contributed by atoms with Gasteiger partial charge in [0, 0.05) is 51.7 Å². The fourth-order valence-corrected chi connectivity index (χ4v) is 10.5. The number of ether oxygens (including phenoxy) is 3. The average Bonchev–Trinajstić information content (AvgIpc) is 3.62. The maximum absolute atomic E-state index is 14.7. The summed E-state index contributed by atoms with van der Waals surface area (Å²) in [6.45, 7) is 15.1. The lowest BCUT2D eigenvalue weighted by Crippen LogP contribution is -2.53. The Labute approximate surface area is 251 Å². The smallest absolute Gasteiger partial charge is 0.334 e. The fraction of sp³-hybridized carbons (Fsp3) is 0.600. The Morgan fingerprint density at radius 2 is 1.86 bits per heavy atom. The zero-order valence-corrected chi connectivity index (χ0v) is 25.7. The van der Waals surface area contributed by atoms with Gasteiger partial charge in [-0.05, 0) is 60.0 Å². The molecule has 11 atom stereocenters. The average molecular weight is 589 g/mol. The van der Waals surface area contributed by atoms with Crippen molar-refractivity contribution in [1.29, 1.82) is 0 Å². The number of fused-ring (bicyclic) bond motifs is 6. The van der Waals surface area contributed by atoms with Crippen LogP contribution in [-0.2, 0) is 33.4 Å². The molecule has 2 saturated heterocycles. The number of carbonyl (C=O) groups is 4. The molecule has 2 bridgehead atoms. The minimum atomic E-state index is -1.22. The molecule has 1 unspecified atom stereocenters. The van der Waals surface area contributed by atoms with E-state index < -0.39 is 75.8 Å². The van der Waals surface area contributed by atoms with Crippen LogP contribution in [0.1, 0.15) is 67.2 Å². The van der Waals surface area contributed by atoms with Gasteiger partial charge in [-0.1, -0.05) is 42.9 Å². The molecule has 43 heavy (non-hydrogen) atoms. The molecular formula is C35H40O8. The van der Waals surface area contributed by atoms with Crippen molar-refractivity contribution < 1.29 is 38.5 Å². The number of rotatable bonds is 2. The highest BCUT2D eigenvalue weighted by Gasteiger charge is 2.84. The van der Waals surface area contributed by atoms with Crippen molar-refractivity contribution in [2.45, 2.75) is 91.1 Å². The van der Waals surface area contributed by atoms with Gasteiger partial charge < -0.3 is 19.3 Å². The van der Waals surface area contributed by atoms with Gasteiger partial charge in [-0.2, -0.15) is 0 Å². The highest BCUT2D eigenvalue weighted by atomic mass is 16.6. The standard InChI is InChI=1S/C35H40O8/c1-8-16(2)29(37)41-22-14-18(4)23-21(36)13-17(3)24(23)27-25(22)35(31(39)43-27)15-34-12-11-32(35,6)28(34)26-20(9-10-33(34,7)40)19(5)30(38)42-26/h8,11-13,20,22,24-28,40H,5,9-10,14-15H2,1-4,6-7H3/b16-8-/t20-,22-,24-,25+,26-,27+,28-,32-,33+,34+,35?/m0/s1. The molecule has 228 valence electrons. The van der Waals surface area contributed by atoms with E-state index in [4.69, 9.17) is 14.2 Å². The van der Waals surface area contributed by atoms with Crippen LogP contribution in [-0.4, -0.2) is 52.7 Å². The highest BCUT2D eigenvalue weighted by molar-refractivity contribution is 6.09. The molecule has 1 N–H and O–H groups in total. The van der Waals surface area contributed by atoms with Crippen LogP contribution in [0.5, 0.6) is 0 Å². The van der Waals surface area contributed by atoms with E-state index in [-0.39, 0.29) is 24.5 Å². The molecule has 0 amide bonds. The van der Waals surface area contributed by atoms with Crippen LogP contribution < -0.4 is 0 Å². The second-order valence-corrected chi connectivity index (χ2v) is 14.5. The van der Waals surface area contributed by atoms with Gasteiger partial charge in [0.15, 0.2) is 5.78 Å². The van der Waals surface area contributed by atoms with Gasteiger partial charge in [0.2, 0.25) is 0 Å². The van der Waals surface area contributed by atoms with Crippen molar-refractivity contribution in [1.82, 2.24) is 0 Å². The van der Waals surface area contributed by atoms with Crippen molar-refractivity contribution in [3.8, 4) is 0 Å².